The van der Waals surface area contributed by atoms with Crippen molar-refractivity contribution in [1.29, 1.82) is 0 Å². The summed E-state index contributed by atoms with van der Waals surface area (Å²) in [7, 11) is 0. The molecule has 0 spiro atoms. The molecule has 6 nitrogen and oxygen atoms in total. The molecule has 130 valence electrons. The predicted molar refractivity (Wildman–Crippen MR) is 101 cm³/mol. The number of ketones is 1. The molecule has 1 aliphatic heterocycles. The number of rotatable bonds is 7. The number of nitrogens with one attached hydrogen (secondary N) is 1. The lowest BCUT2D eigenvalue weighted by atomic mass is 10.1. The molecule has 2 aromatic rings. The van der Waals surface area contributed by atoms with E-state index in [2.05, 4.69) is 22.1 Å². The zero-order valence-electron chi connectivity index (χ0n) is 13.4. The molecule has 1 aromatic heterocycles. The maximum atomic E-state index is 12.4. The Morgan fingerprint density at radius 1 is 1.32 bits per heavy atom. The van der Waals surface area contributed by atoms with Crippen LogP contribution in [0.2, 0.25) is 0 Å². The van der Waals surface area contributed by atoms with Gasteiger partial charge < -0.3 is 10.1 Å². The SMILES string of the molecule is C=C(C)CSc1nnc(SCC(=O)c2ccc3c(c2)NC(=O)CO3)s1. The molecule has 1 N–H and O–H groups in total. The van der Waals surface area contributed by atoms with E-state index in [0.717, 1.165) is 20.0 Å². The Morgan fingerprint density at radius 3 is 2.76 bits per heavy atom. The first-order chi connectivity index (χ1) is 12.0. The minimum absolute atomic E-state index is 0.00108. The zero-order valence-corrected chi connectivity index (χ0v) is 15.9. The van der Waals surface area contributed by atoms with Gasteiger partial charge in [-0.2, -0.15) is 0 Å². The Bertz CT molecular complexity index is 835. The Morgan fingerprint density at radius 2 is 2.04 bits per heavy atom. The van der Waals surface area contributed by atoms with Crippen molar-refractivity contribution in [2.45, 2.75) is 15.6 Å². The van der Waals surface area contributed by atoms with Crippen LogP contribution in [0.1, 0.15) is 17.3 Å². The van der Waals surface area contributed by atoms with E-state index in [0.29, 0.717) is 17.0 Å². The van der Waals surface area contributed by atoms with Crippen molar-refractivity contribution in [1.82, 2.24) is 10.2 Å². The van der Waals surface area contributed by atoms with Crippen LogP contribution in [0.5, 0.6) is 5.75 Å². The summed E-state index contributed by atoms with van der Waals surface area (Å²) >= 11 is 4.41. The Balaban J connectivity index is 1.58. The summed E-state index contributed by atoms with van der Waals surface area (Å²) in [5.74, 6) is 1.38. The van der Waals surface area contributed by atoms with Gasteiger partial charge in [0.05, 0.1) is 11.4 Å². The standard InChI is InChI=1S/C16H15N3O3S3/c1-9(2)7-23-15-18-19-16(25-15)24-8-12(20)10-3-4-13-11(5-10)17-14(21)6-22-13/h3-5H,1,6-8H2,2H3,(H,17,21). The van der Waals surface area contributed by atoms with E-state index in [1.807, 2.05) is 6.92 Å². The minimum atomic E-state index is -0.222. The number of hydrogen-bond donors (Lipinski definition) is 1. The number of thioether (sulfide) groups is 2. The van der Waals surface area contributed by atoms with Gasteiger partial charge in [-0.25, -0.2) is 0 Å². The number of carbonyl (C=O) groups excluding carboxylic acids is 2. The van der Waals surface area contributed by atoms with Crippen molar-refractivity contribution >= 4 is 52.2 Å². The van der Waals surface area contributed by atoms with Crippen LogP contribution in [-0.4, -0.2) is 40.0 Å². The van der Waals surface area contributed by atoms with Gasteiger partial charge >= 0.3 is 0 Å². The van der Waals surface area contributed by atoms with Crippen molar-refractivity contribution in [2.75, 3.05) is 23.4 Å². The van der Waals surface area contributed by atoms with Crippen molar-refractivity contribution in [3.63, 3.8) is 0 Å². The molecule has 0 atom stereocenters. The van der Waals surface area contributed by atoms with Crippen LogP contribution in [-0.2, 0) is 4.79 Å². The highest BCUT2D eigenvalue weighted by molar-refractivity contribution is 8.03. The highest BCUT2D eigenvalue weighted by Gasteiger charge is 2.18. The highest BCUT2D eigenvalue weighted by Crippen LogP contribution is 2.31. The van der Waals surface area contributed by atoms with Gasteiger partial charge in [0.15, 0.2) is 21.1 Å². The number of hydrogen-bond acceptors (Lipinski definition) is 8. The number of Topliss-reactive ketones (excluding diaryl/α,β-unsaturated/α-hetero) is 1. The monoisotopic (exact) mass is 393 g/mol. The molecule has 0 unspecified atom stereocenters. The number of amides is 1. The average molecular weight is 394 g/mol. The maximum Gasteiger partial charge on any atom is 0.262 e. The average Bonchev–Trinajstić information content (AvgIpc) is 3.05. The van der Waals surface area contributed by atoms with Crippen LogP contribution in [0.3, 0.4) is 0 Å². The molecule has 0 saturated heterocycles. The lowest BCUT2D eigenvalue weighted by molar-refractivity contribution is -0.118. The van der Waals surface area contributed by atoms with E-state index in [9.17, 15) is 9.59 Å². The molecule has 25 heavy (non-hydrogen) atoms. The molecule has 0 aliphatic carbocycles. The summed E-state index contributed by atoms with van der Waals surface area (Å²) in [6, 6.07) is 5.04. The van der Waals surface area contributed by atoms with E-state index >= 15 is 0 Å². The van der Waals surface area contributed by atoms with Crippen LogP contribution >= 0.6 is 34.9 Å². The normalized spacial score (nSPS) is 12.9. The van der Waals surface area contributed by atoms with Gasteiger partial charge in [0.1, 0.15) is 5.75 Å². The topological polar surface area (TPSA) is 81.2 Å². The van der Waals surface area contributed by atoms with Gasteiger partial charge in [-0.05, 0) is 25.1 Å². The van der Waals surface area contributed by atoms with Gasteiger partial charge in [-0.3, -0.25) is 9.59 Å². The molecule has 1 aromatic carbocycles. The molecule has 9 heteroatoms. The number of fused-ring (bicyclic) bond motifs is 1. The van der Waals surface area contributed by atoms with Crippen LogP contribution in [0.25, 0.3) is 0 Å². The first-order valence-corrected chi connectivity index (χ1v) is 10.1. The van der Waals surface area contributed by atoms with E-state index in [-0.39, 0.29) is 24.1 Å². The highest BCUT2D eigenvalue weighted by atomic mass is 32.2. The van der Waals surface area contributed by atoms with Crippen molar-refractivity contribution in [2.24, 2.45) is 0 Å². The Labute approximate surface area is 157 Å². The Kier molecular flexibility index (Phi) is 5.77. The number of anilines is 1. The van der Waals surface area contributed by atoms with E-state index in [1.54, 1.807) is 30.0 Å². The maximum absolute atomic E-state index is 12.4. The number of nitrogens with zero attached hydrogens (tertiary/aromatic N) is 2. The number of ether oxygens (including phenoxy) is 1. The van der Waals surface area contributed by atoms with Crippen LogP contribution in [0.15, 0.2) is 39.0 Å². The van der Waals surface area contributed by atoms with Gasteiger partial charge in [-0.15, -0.1) is 10.2 Å². The van der Waals surface area contributed by atoms with Gasteiger partial charge in [-0.1, -0.05) is 47.0 Å². The molecule has 0 saturated carbocycles. The smallest absolute Gasteiger partial charge is 0.262 e. The quantitative estimate of drug-likeness (QED) is 0.438. The fraction of sp³-hybridized carbons (Fsp3) is 0.250. The summed E-state index contributed by atoms with van der Waals surface area (Å²) in [4.78, 5) is 23.7. The minimum Gasteiger partial charge on any atom is -0.482 e. The molecule has 0 bridgehead atoms. The molecule has 0 radical (unpaired) electrons. The molecule has 0 fully saturated rings. The molecule has 1 aliphatic rings. The second-order valence-corrected chi connectivity index (χ2v) is 8.76. The number of aromatic nitrogens is 2. The molecular formula is C16H15N3O3S3. The van der Waals surface area contributed by atoms with Gasteiger partial charge in [0.25, 0.3) is 5.91 Å². The van der Waals surface area contributed by atoms with E-state index in [1.165, 1.54) is 23.1 Å². The molecule has 3 rings (SSSR count). The van der Waals surface area contributed by atoms with E-state index in [4.69, 9.17) is 4.74 Å². The summed E-state index contributed by atoms with van der Waals surface area (Å²) in [5.41, 5.74) is 2.13. The largest absolute Gasteiger partial charge is 0.482 e. The summed E-state index contributed by atoms with van der Waals surface area (Å²) in [6.45, 7) is 5.82. The Hall–Kier alpha value is -1.84. The van der Waals surface area contributed by atoms with Crippen LogP contribution < -0.4 is 10.1 Å². The zero-order chi connectivity index (χ0) is 17.8. The van der Waals surface area contributed by atoms with Crippen molar-refractivity contribution in [3.8, 4) is 5.75 Å². The first-order valence-electron chi connectivity index (χ1n) is 7.34. The summed E-state index contributed by atoms with van der Waals surface area (Å²) in [5, 5.41) is 10.9. The number of carbonyl (C=O) groups is 2. The fourth-order valence-corrected chi connectivity index (χ4v) is 4.72. The second kappa shape index (κ2) is 8.03. The van der Waals surface area contributed by atoms with Gasteiger partial charge in [0, 0.05) is 11.3 Å². The van der Waals surface area contributed by atoms with Crippen LogP contribution in [0.4, 0.5) is 5.69 Å². The second-order valence-electron chi connectivity index (χ2n) is 5.34. The lowest BCUT2D eigenvalue weighted by Gasteiger charge is -2.18. The van der Waals surface area contributed by atoms with E-state index < -0.39 is 0 Å². The number of benzene rings is 1. The lowest BCUT2D eigenvalue weighted by Crippen LogP contribution is -2.25. The third-order valence-corrected chi connectivity index (χ3v) is 6.51. The van der Waals surface area contributed by atoms with Crippen molar-refractivity contribution in [3.05, 3.63) is 35.9 Å². The fourth-order valence-electron chi connectivity index (χ4n) is 1.97. The third kappa shape index (κ3) is 4.83. The van der Waals surface area contributed by atoms with Crippen LogP contribution in [0, 0.1) is 0 Å². The third-order valence-electron chi connectivity index (χ3n) is 3.09. The predicted octanol–water partition coefficient (Wildman–Crippen LogP) is 3.51. The van der Waals surface area contributed by atoms with Crippen molar-refractivity contribution < 1.29 is 14.3 Å². The molecular weight excluding hydrogens is 378 g/mol. The van der Waals surface area contributed by atoms with Gasteiger partial charge in [0.2, 0.25) is 0 Å². The first kappa shape index (κ1) is 18.0. The summed E-state index contributed by atoms with van der Waals surface area (Å²) in [6.07, 6.45) is 0. The molecule has 2 heterocycles. The summed E-state index contributed by atoms with van der Waals surface area (Å²) < 4.78 is 6.91. The molecule has 1 amide bonds.